The van der Waals surface area contributed by atoms with Gasteiger partial charge >= 0.3 is 0 Å². The number of fused-ring (bicyclic) bond motifs is 1. The monoisotopic (exact) mass is 734 g/mol. The van der Waals surface area contributed by atoms with E-state index in [2.05, 4.69) is 20.3 Å². The second kappa shape index (κ2) is 14.6. The lowest BCUT2D eigenvalue weighted by Gasteiger charge is -2.35. The van der Waals surface area contributed by atoms with Crippen molar-refractivity contribution in [2.24, 2.45) is 0 Å². The van der Waals surface area contributed by atoms with E-state index in [9.17, 15) is 18.4 Å². The maximum Gasteiger partial charge on any atom is 0.270 e. The van der Waals surface area contributed by atoms with Crippen LogP contribution in [0.2, 0.25) is 5.02 Å². The molecule has 5 heterocycles. The van der Waals surface area contributed by atoms with Crippen LogP contribution in [-0.4, -0.2) is 100 Å². The Balaban J connectivity index is 1.21. The number of carbonyl (C=O) groups is 2. The van der Waals surface area contributed by atoms with Crippen molar-refractivity contribution < 1.29 is 32.2 Å². The number of nitrogens with one attached hydrogen (secondary N) is 1. The number of carbonyl (C=O) groups excluding carboxylic acids is 2. The molecule has 12 nitrogen and oxygen atoms in total. The van der Waals surface area contributed by atoms with Crippen molar-refractivity contribution >= 4 is 45.7 Å². The van der Waals surface area contributed by atoms with Crippen LogP contribution in [0, 0.1) is 17.5 Å². The quantitative estimate of drug-likeness (QED) is 0.209. The van der Waals surface area contributed by atoms with Gasteiger partial charge in [0.1, 0.15) is 11.4 Å². The molecule has 0 unspecified atom stereocenters. The van der Waals surface area contributed by atoms with Gasteiger partial charge < -0.3 is 29.2 Å². The number of benzene rings is 2. The van der Waals surface area contributed by atoms with Gasteiger partial charge in [0.2, 0.25) is 5.91 Å². The molecule has 270 valence electrons. The lowest BCUT2D eigenvalue weighted by molar-refractivity contribution is -0.131. The Morgan fingerprint density at radius 3 is 2.40 bits per heavy atom. The Bertz CT molecular complexity index is 2180. The average Bonchev–Trinajstić information content (AvgIpc) is 3.86. The molecule has 7 rings (SSSR count). The number of hydrogen-bond donors (Lipinski definition) is 1. The van der Waals surface area contributed by atoms with Crippen LogP contribution in [0.4, 0.5) is 19.0 Å². The molecule has 2 aliphatic heterocycles. The van der Waals surface area contributed by atoms with Crippen LogP contribution in [0.25, 0.3) is 27.6 Å². The molecule has 1 N–H and O–H groups in total. The van der Waals surface area contributed by atoms with Gasteiger partial charge in [-0.05, 0) is 35.8 Å². The van der Waals surface area contributed by atoms with E-state index in [4.69, 9.17) is 21.1 Å². The average molecular weight is 735 g/mol. The number of aryl methyl sites for hydroxylation is 1. The van der Waals surface area contributed by atoms with E-state index >= 15 is 4.39 Å². The molecule has 16 heteroatoms. The zero-order chi connectivity index (χ0) is 36.5. The predicted molar refractivity (Wildman–Crippen MR) is 188 cm³/mol. The van der Waals surface area contributed by atoms with Crippen molar-refractivity contribution in [2.75, 3.05) is 58.4 Å². The summed E-state index contributed by atoms with van der Waals surface area (Å²) in [4.78, 5) is 39.8. The third-order valence-corrected chi connectivity index (χ3v) is 9.58. The normalized spacial score (nSPS) is 14.9. The van der Waals surface area contributed by atoms with Crippen LogP contribution in [-0.2, 0) is 11.3 Å². The first-order chi connectivity index (χ1) is 25.1. The fraction of sp³-hybridized carbons (Fsp3) is 0.306. The van der Waals surface area contributed by atoms with Gasteiger partial charge in [-0.25, -0.2) is 18.2 Å². The number of pyridine rings is 1. The third-order valence-electron chi connectivity index (χ3n) is 9.38. The minimum atomic E-state index is -1.12. The second-order valence-electron chi connectivity index (χ2n) is 12.4. The summed E-state index contributed by atoms with van der Waals surface area (Å²) in [6, 6.07) is 6.65. The van der Waals surface area contributed by atoms with Crippen LogP contribution < -0.4 is 14.4 Å². The summed E-state index contributed by atoms with van der Waals surface area (Å²) in [6.07, 6.45) is 7.24. The Morgan fingerprint density at radius 1 is 0.904 bits per heavy atom. The van der Waals surface area contributed by atoms with Crippen molar-refractivity contribution in [3.8, 4) is 22.6 Å². The fourth-order valence-corrected chi connectivity index (χ4v) is 6.85. The number of anilines is 1. The summed E-state index contributed by atoms with van der Waals surface area (Å²) in [5, 5.41) is 8.38. The smallest absolute Gasteiger partial charge is 0.270 e. The highest BCUT2D eigenvalue weighted by Crippen LogP contribution is 2.41. The highest BCUT2D eigenvalue weighted by molar-refractivity contribution is 6.30. The predicted octanol–water partition coefficient (Wildman–Crippen LogP) is 5.58. The number of aromatic nitrogens is 5. The largest absolute Gasteiger partial charge is 0.496 e. The molecule has 2 amide bonds. The minimum absolute atomic E-state index is 0.00639. The molecule has 0 bridgehead atoms. The molecule has 5 aromatic rings. The number of aromatic amines is 1. The zero-order valence-corrected chi connectivity index (χ0v) is 29.1. The third kappa shape index (κ3) is 6.75. The SMILES string of the molecule is COc1cc(F)c(F)cc1-c1cc(C2=CCCN(C(=O)CCn3ccnn3)C2)c(F)c2[nH]c(C(=O)N3CCN(c4ncc(Cl)cc4OC)CC3)cc12. The Hall–Kier alpha value is -5.57. The van der Waals surface area contributed by atoms with E-state index in [0.29, 0.717) is 73.4 Å². The van der Waals surface area contributed by atoms with Crippen molar-refractivity contribution in [1.29, 1.82) is 0 Å². The number of ether oxygens (including phenoxy) is 2. The van der Waals surface area contributed by atoms with Gasteiger partial charge in [0, 0.05) is 86.7 Å². The summed E-state index contributed by atoms with van der Waals surface area (Å²) in [6.45, 7) is 2.50. The van der Waals surface area contributed by atoms with Crippen molar-refractivity contribution in [1.82, 2.24) is 34.8 Å². The summed E-state index contributed by atoms with van der Waals surface area (Å²) in [5.41, 5.74) is 1.30. The van der Waals surface area contributed by atoms with Crippen molar-refractivity contribution in [3.05, 3.63) is 88.7 Å². The molecule has 52 heavy (non-hydrogen) atoms. The summed E-state index contributed by atoms with van der Waals surface area (Å²) >= 11 is 6.08. The molecule has 0 aliphatic carbocycles. The summed E-state index contributed by atoms with van der Waals surface area (Å²) in [5.74, 6) is -2.22. The van der Waals surface area contributed by atoms with E-state index in [0.717, 1.165) is 12.1 Å². The molecule has 2 aliphatic rings. The van der Waals surface area contributed by atoms with E-state index in [1.165, 1.54) is 38.7 Å². The molecule has 0 atom stereocenters. The molecule has 0 radical (unpaired) electrons. The van der Waals surface area contributed by atoms with E-state index in [-0.39, 0.29) is 58.3 Å². The zero-order valence-electron chi connectivity index (χ0n) is 28.3. The Labute approximate surface area is 301 Å². The van der Waals surface area contributed by atoms with Gasteiger partial charge in [-0.15, -0.1) is 5.10 Å². The molecule has 2 aromatic carbocycles. The van der Waals surface area contributed by atoms with E-state index in [1.807, 2.05) is 11.0 Å². The first-order valence-corrected chi connectivity index (χ1v) is 17.0. The summed E-state index contributed by atoms with van der Waals surface area (Å²) < 4.78 is 58.2. The highest BCUT2D eigenvalue weighted by Gasteiger charge is 2.29. The number of hydrogen-bond acceptors (Lipinski definition) is 8. The van der Waals surface area contributed by atoms with Crippen LogP contribution in [0.5, 0.6) is 11.5 Å². The number of rotatable bonds is 9. The maximum absolute atomic E-state index is 16.7. The van der Waals surface area contributed by atoms with Crippen molar-refractivity contribution in [3.63, 3.8) is 0 Å². The number of halogens is 4. The Morgan fingerprint density at radius 2 is 1.67 bits per heavy atom. The molecule has 0 spiro atoms. The fourth-order valence-electron chi connectivity index (χ4n) is 6.70. The highest BCUT2D eigenvalue weighted by atomic mass is 35.5. The number of amides is 2. The van der Waals surface area contributed by atoms with Gasteiger partial charge in [0.25, 0.3) is 5.91 Å². The molecular weight excluding hydrogens is 701 g/mol. The minimum Gasteiger partial charge on any atom is -0.496 e. The van der Waals surface area contributed by atoms with Crippen molar-refractivity contribution in [2.45, 2.75) is 19.4 Å². The molecule has 1 saturated heterocycles. The van der Waals surface area contributed by atoms with Crippen LogP contribution >= 0.6 is 11.6 Å². The second-order valence-corrected chi connectivity index (χ2v) is 12.9. The topological polar surface area (TPSA) is 122 Å². The Kier molecular flexibility index (Phi) is 9.77. The standard InChI is InChI=1S/C36H34ClF3N8O4/c1-51-30-18-28(39)27(38)16-25(30)24-15-23(21-4-3-7-47(20-21)32(49)5-8-48-9-6-42-44-48)33(40)34-26(24)17-29(43-34)36(50)46-12-10-45(11-13-46)35-31(52-2)14-22(37)19-41-35/h4,6,9,14-19,43H,3,5,7-8,10-13,20H2,1-2H3. The van der Waals surface area contributed by atoms with E-state index in [1.54, 1.807) is 26.7 Å². The molecule has 1 fully saturated rings. The molecular formula is C36H34ClF3N8O4. The van der Waals surface area contributed by atoms with Crippen LogP contribution in [0.3, 0.4) is 0 Å². The lowest BCUT2D eigenvalue weighted by atomic mass is 9.92. The van der Waals surface area contributed by atoms with Crippen LogP contribution in [0.15, 0.2) is 55.0 Å². The summed E-state index contributed by atoms with van der Waals surface area (Å²) in [7, 11) is 2.86. The number of piperazine rings is 1. The lowest BCUT2D eigenvalue weighted by Crippen LogP contribution is -2.49. The first kappa shape index (κ1) is 34.9. The van der Waals surface area contributed by atoms with Gasteiger partial charge in [-0.2, -0.15) is 0 Å². The van der Waals surface area contributed by atoms with Crippen LogP contribution in [0.1, 0.15) is 28.9 Å². The number of nitrogens with zero attached hydrogens (tertiary/aromatic N) is 7. The maximum atomic E-state index is 16.7. The first-order valence-electron chi connectivity index (χ1n) is 16.6. The van der Waals surface area contributed by atoms with Gasteiger partial charge in [-0.3, -0.25) is 14.3 Å². The molecule has 0 saturated carbocycles. The van der Waals surface area contributed by atoms with Gasteiger partial charge in [0.15, 0.2) is 29.0 Å². The van der Waals surface area contributed by atoms with E-state index < -0.39 is 17.5 Å². The number of H-pyrrole nitrogens is 1. The van der Waals surface area contributed by atoms with Gasteiger partial charge in [-0.1, -0.05) is 22.9 Å². The number of methoxy groups -OCH3 is 2. The van der Waals surface area contributed by atoms with Gasteiger partial charge in [0.05, 0.1) is 37.5 Å². The molecule has 3 aromatic heterocycles.